The molecule has 11 atom stereocenters. The van der Waals surface area contributed by atoms with E-state index in [1.807, 2.05) is 0 Å². The molecule has 0 saturated carbocycles. The zero-order chi connectivity index (χ0) is 64.0. The van der Waals surface area contributed by atoms with Gasteiger partial charge in [-0.1, -0.05) is 55.4 Å². The molecule has 0 saturated heterocycles. The van der Waals surface area contributed by atoms with Crippen molar-refractivity contribution in [1.82, 2.24) is 47.9 Å². The third-order valence-corrected chi connectivity index (χ3v) is 13.0. The number of carboxylic acids is 2. The fourth-order valence-corrected chi connectivity index (χ4v) is 8.54. The first-order valence-corrected chi connectivity index (χ1v) is 28.8. The number of primary amides is 3. The maximum atomic E-state index is 14.1. The highest BCUT2D eigenvalue weighted by molar-refractivity contribution is 7.98. The van der Waals surface area contributed by atoms with Gasteiger partial charge < -0.3 is 86.1 Å². The van der Waals surface area contributed by atoms with Gasteiger partial charge in [-0.3, -0.25) is 62.3 Å². The van der Waals surface area contributed by atoms with E-state index in [0.29, 0.717) is 5.75 Å². The van der Waals surface area contributed by atoms with Crippen LogP contribution >= 0.6 is 11.8 Å². The van der Waals surface area contributed by atoms with Gasteiger partial charge in [0.2, 0.25) is 70.9 Å². The van der Waals surface area contributed by atoms with E-state index in [1.54, 1.807) is 61.6 Å². The zero-order valence-electron chi connectivity index (χ0n) is 49.1. The number of nitrogens with one attached hydrogen (secondary N) is 9. The van der Waals surface area contributed by atoms with Crippen molar-refractivity contribution in [3.8, 4) is 0 Å². The van der Waals surface area contributed by atoms with Gasteiger partial charge in [0.1, 0.15) is 54.4 Å². The molecule has 0 fully saturated rings. The minimum atomic E-state index is -1.90. The second-order valence-corrected chi connectivity index (χ2v) is 23.1. The molecular formula is C52H91N13O17S. The first-order chi connectivity index (χ1) is 38.5. The summed E-state index contributed by atoms with van der Waals surface area (Å²) in [5.74, 6) is -15.4. The van der Waals surface area contributed by atoms with E-state index in [4.69, 9.17) is 22.9 Å². The second kappa shape index (κ2) is 38.6. The van der Waals surface area contributed by atoms with Crippen molar-refractivity contribution in [2.45, 2.75) is 206 Å². The van der Waals surface area contributed by atoms with Crippen LogP contribution in [0.2, 0.25) is 0 Å². The van der Waals surface area contributed by atoms with Crippen molar-refractivity contribution in [2.24, 2.45) is 46.6 Å². The van der Waals surface area contributed by atoms with Gasteiger partial charge in [0.15, 0.2) is 0 Å². The van der Waals surface area contributed by atoms with Crippen molar-refractivity contribution < 1.29 is 82.4 Å². The molecule has 12 amide bonds. The summed E-state index contributed by atoms with van der Waals surface area (Å²) in [6, 6.07) is -15.3. The zero-order valence-corrected chi connectivity index (χ0v) is 49.9. The smallest absolute Gasteiger partial charge is 0.326 e. The number of carbonyl (C=O) groups excluding carboxylic acids is 12. The molecule has 0 aliphatic rings. The highest BCUT2D eigenvalue weighted by Gasteiger charge is 2.37. The van der Waals surface area contributed by atoms with Crippen LogP contribution in [0.25, 0.3) is 0 Å². The molecule has 0 bridgehead atoms. The molecule has 0 radical (unpaired) electrons. The third kappa shape index (κ3) is 31.8. The van der Waals surface area contributed by atoms with Gasteiger partial charge in [-0.2, -0.15) is 11.8 Å². The first-order valence-electron chi connectivity index (χ1n) is 27.4. The average Bonchev–Trinajstić information content (AvgIpc) is 3.37. The number of hydrogen-bond acceptors (Lipinski definition) is 17. The van der Waals surface area contributed by atoms with E-state index in [9.17, 15) is 82.4 Å². The summed E-state index contributed by atoms with van der Waals surface area (Å²) in [6.07, 6.45) is -3.55. The van der Waals surface area contributed by atoms with Crippen molar-refractivity contribution in [3.05, 3.63) is 0 Å². The molecule has 0 rings (SSSR count). The quantitative estimate of drug-likeness (QED) is 0.0280. The summed E-state index contributed by atoms with van der Waals surface area (Å²) >= 11 is 1.32. The summed E-state index contributed by atoms with van der Waals surface area (Å²) in [5.41, 5.74) is 21.9. The highest BCUT2D eigenvalue weighted by atomic mass is 32.2. The molecule has 0 aliphatic carbocycles. The van der Waals surface area contributed by atoms with Gasteiger partial charge in [-0.25, -0.2) is 4.79 Å². The molecule has 0 heterocycles. The van der Waals surface area contributed by atoms with Gasteiger partial charge in [0, 0.05) is 19.3 Å². The van der Waals surface area contributed by atoms with Gasteiger partial charge >= 0.3 is 11.9 Å². The average molecular weight is 1200 g/mol. The van der Waals surface area contributed by atoms with Crippen LogP contribution in [0.5, 0.6) is 0 Å². The Morgan fingerprint density at radius 3 is 1.07 bits per heavy atom. The Bertz CT molecular complexity index is 2250. The molecule has 30 nitrogen and oxygen atoms in total. The van der Waals surface area contributed by atoms with E-state index < -0.39 is 181 Å². The van der Waals surface area contributed by atoms with E-state index >= 15 is 0 Å². The number of aliphatic carboxylic acids is 2. The maximum Gasteiger partial charge on any atom is 0.326 e. The molecular weight excluding hydrogens is 1110 g/mol. The summed E-state index contributed by atoms with van der Waals surface area (Å²) in [4.78, 5) is 183. The standard InChI is InChI=1S/C52H91N13O17S/c1-24(2)19-33(47(76)57-30(12-15-39(55)68)44(73)59-32(17-18-83-10)46(75)64-37(52(81)82)22-27(7)8)61-49(78)36(23-40(56)69)62-45(74)31(13-16-41(70)71)58-48(77)34(20-25(3)4)63-51(80)42(28(9)66)65-50(79)35(21-26(5)6)60-43(72)29(53)11-14-38(54)67/h24-37,42,66H,11-23,53H2,1-10H3,(H2,54,67)(H2,55,68)(H2,56,69)(H,57,76)(H,58,77)(H,59,73)(H,60,72)(H,61,78)(H,62,74)(H,63,80)(H,64,75)(H,65,79)(H,70,71)(H,81,82)/t28-,29+,30+,31+,32+,33+,34+,35+,36+,37+,42+/m1/s1. The topological polar surface area (TPSA) is 512 Å². The second-order valence-electron chi connectivity index (χ2n) is 22.1. The van der Waals surface area contributed by atoms with E-state index in [-0.39, 0.29) is 68.6 Å². The van der Waals surface area contributed by atoms with Crippen LogP contribution < -0.4 is 70.8 Å². The minimum absolute atomic E-state index is 0.0218. The summed E-state index contributed by atoms with van der Waals surface area (Å²) < 4.78 is 0. The Labute approximate surface area is 487 Å². The van der Waals surface area contributed by atoms with Crippen LogP contribution in [0.1, 0.15) is 139 Å². The fourth-order valence-electron chi connectivity index (χ4n) is 8.07. The maximum absolute atomic E-state index is 14.1. The molecule has 0 aromatic heterocycles. The normalized spacial score (nSPS) is 15.3. The van der Waals surface area contributed by atoms with E-state index in [0.717, 1.165) is 6.92 Å². The van der Waals surface area contributed by atoms with E-state index in [1.165, 1.54) is 11.8 Å². The van der Waals surface area contributed by atoms with Gasteiger partial charge in [-0.05, 0) is 94.0 Å². The molecule has 31 heteroatoms. The lowest BCUT2D eigenvalue weighted by molar-refractivity contribution is -0.143. The van der Waals surface area contributed by atoms with Crippen molar-refractivity contribution >= 4 is 94.6 Å². The largest absolute Gasteiger partial charge is 0.481 e. The monoisotopic (exact) mass is 1200 g/mol. The number of nitrogens with two attached hydrogens (primary N) is 4. The van der Waals surface area contributed by atoms with Crippen LogP contribution in [0, 0.1) is 23.7 Å². The van der Waals surface area contributed by atoms with Crippen LogP contribution in [0.3, 0.4) is 0 Å². The Kier molecular flexibility index (Phi) is 35.3. The number of rotatable bonds is 42. The number of hydrogen-bond donors (Lipinski definition) is 16. The van der Waals surface area contributed by atoms with Crippen LogP contribution in [-0.2, 0) is 67.1 Å². The van der Waals surface area contributed by atoms with Gasteiger partial charge in [0.05, 0.1) is 18.6 Å². The third-order valence-electron chi connectivity index (χ3n) is 12.3. The Morgan fingerprint density at radius 2 is 0.699 bits per heavy atom. The SMILES string of the molecule is CSCC[C@H](NC(=O)[C@H](CCC(N)=O)NC(=O)[C@H](CC(C)C)NC(=O)[C@H](CC(N)=O)NC(=O)[C@H](CCC(=O)O)NC(=O)[C@H](CC(C)C)NC(=O)[C@@H](NC(=O)[C@H](CC(C)C)NC(=O)[C@@H](N)CCC(N)=O)[C@@H](C)O)C(=O)N[C@@H](CC(C)C)C(=O)O. The molecule has 0 unspecified atom stereocenters. The fraction of sp³-hybridized carbons (Fsp3) is 0.731. The summed E-state index contributed by atoms with van der Waals surface area (Å²) in [7, 11) is 0. The molecule has 83 heavy (non-hydrogen) atoms. The van der Waals surface area contributed by atoms with Gasteiger partial charge in [0.25, 0.3) is 0 Å². The molecule has 0 aromatic carbocycles. The summed E-state index contributed by atoms with van der Waals surface area (Å²) in [5, 5.41) is 51.8. The van der Waals surface area contributed by atoms with Crippen molar-refractivity contribution in [1.29, 1.82) is 0 Å². The van der Waals surface area contributed by atoms with Crippen LogP contribution in [0.4, 0.5) is 0 Å². The first kappa shape index (κ1) is 75.8. The predicted octanol–water partition coefficient (Wildman–Crippen LogP) is -3.65. The lowest BCUT2D eigenvalue weighted by Gasteiger charge is -2.29. The Balaban J connectivity index is 6.88. The summed E-state index contributed by atoms with van der Waals surface area (Å²) in [6.45, 7) is 14.8. The van der Waals surface area contributed by atoms with Gasteiger partial charge in [-0.15, -0.1) is 0 Å². The number of carboxylic acid groups (broad SMARTS) is 2. The van der Waals surface area contributed by atoms with Crippen molar-refractivity contribution in [3.63, 3.8) is 0 Å². The number of thioether (sulfide) groups is 1. The minimum Gasteiger partial charge on any atom is -0.481 e. The number of aliphatic hydroxyl groups excluding tert-OH is 1. The molecule has 0 aromatic rings. The lowest BCUT2D eigenvalue weighted by atomic mass is 10.00. The molecule has 0 aliphatic heterocycles. The van der Waals surface area contributed by atoms with Crippen LogP contribution in [-0.4, -0.2) is 177 Å². The van der Waals surface area contributed by atoms with Crippen LogP contribution in [0.15, 0.2) is 0 Å². The predicted molar refractivity (Wildman–Crippen MR) is 303 cm³/mol. The lowest BCUT2D eigenvalue weighted by Crippen LogP contribution is -2.62. The molecule has 472 valence electrons. The Hall–Kier alpha value is -7.15. The van der Waals surface area contributed by atoms with Crippen molar-refractivity contribution in [2.75, 3.05) is 12.0 Å². The molecule has 0 spiro atoms. The number of aliphatic hydroxyl groups is 1. The number of carbonyl (C=O) groups is 14. The number of amides is 12. The molecule has 20 N–H and O–H groups in total. The van der Waals surface area contributed by atoms with E-state index in [2.05, 4.69) is 47.9 Å². The Morgan fingerprint density at radius 1 is 0.386 bits per heavy atom. The highest BCUT2D eigenvalue weighted by Crippen LogP contribution is 2.14.